The predicted molar refractivity (Wildman–Crippen MR) is 58.7 cm³/mol. The van der Waals surface area contributed by atoms with Crippen molar-refractivity contribution >= 4 is 5.91 Å². The Bertz CT molecular complexity index is 191. The molecule has 0 aromatic heterocycles. The van der Waals surface area contributed by atoms with Gasteiger partial charge in [0.2, 0.25) is 5.91 Å². The van der Waals surface area contributed by atoms with Crippen molar-refractivity contribution < 1.29 is 42.6 Å². The molecule has 1 radical (unpaired) electrons. The standard InChI is InChI=1S/C6H12O.C5H8NO.Y/c1-5(2)4-6(3)7;1-3-4-6-5(2)7;/h6-7H,1,4H2,2-3H3;1,4H2,2H3,(H,6,7);/q;-1;. The normalized spacial score (nSPS) is 9.87. The minimum atomic E-state index is -0.225. The average molecular weight is 287 g/mol. The third-order valence-corrected chi connectivity index (χ3v) is 1.11. The Morgan fingerprint density at radius 3 is 2.07 bits per heavy atom. The second-order valence-corrected chi connectivity index (χ2v) is 3.17. The summed E-state index contributed by atoms with van der Waals surface area (Å²) in [4.78, 5) is 10.0. The molecule has 0 spiro atoms. The number of aliphatic hydroxyl groups is 1. The molecule has 0 bridgehead atoms. The quantitative estimate of drug-likeness (QED) is 0.607. The maximum atomic E-state index is 10.0. The van der Waals surface area contributed by atoms with Crippen LogP contribution in [-0.2, 0) is 37.5 Å². The Morgan fingerprint density at radius 2 is 2.00 bits per heavy atom. The van der Waals surface area contributed by atoms with E-state index in [2.05, 4.69) is 24.6 Å². The summed E-state index contributed by atoms with van der Waals surface area (Å²) in [6.07, 6.45) is 3.01. The molecule has 15 heavy (non-hydrogen) atoms. The first-order chi connectivity index (χ1) is 6.40. The van der Waals surface area contributed by atoms with E-state index in [0.29, 0.717) is 6.54 Å². The molecule has 2 N–H and O–H groups in total. The molecule has 1 amide bonds. The SMILES string of the molecule is C=C(C)CC(C)O.C=[C-]CNC(C)=O.[Y]. The second kappa shape index (κ2) is 14.0. The Morgan fingerprint density at radius 1 is 1.53 bits per heavy atom. The zero-order valence-corrected chi connectivity index (χ0v) is 12.7. The van der Waals surface area contributed by atoms with Crippen LogP contribution < -0.4 is 5.32 Å². The van der Waals surface area contributed by atoms with E-state index in [9.17, 15) is 4.79 Å². The Labute approximate surface area is 118 Å². The van der Waals surface area contributed by atoms with Gasteiger partial charge in [0.1, 0.15) is 0 Å². The number of aliphatic hydroxyl groups excluding tert-OH is 1. The van der Waals surface area contributed by atoms with Crippen molar-refractivity contribution in [2.24, 2.45) is 0 Å². The topological polar surface area (TPSA) is 49.3 Å². The van der Waals surface area contributed by atoms with Gasteiger partial charge in [0.15, 0.2) is 0 Å². The first-order valence-corrected chi connectivity index (χ1v) is 4.47. The van der Waals surface area contributed by atoms with Gasteiger partial charge in [-0.1, -0.05) is 5.57 Å². The molecule has 0 aliphatic carbocycles. The molecular weight excluding hydrogens is 267 g/mol. The number of carbonyl (C=O) groups is 1. The van der Waals surface area contributed by atoms with Crippen LogP contribution in [0.25, 0.3) is 0 Å². The van der Waals surface area contributed by atoms with Crippen LogP contribution in [-0.4, -0.2) is 23.7 Å². The summed E-state index contributed by atoms with van der Waals surface area (Å²) in [6.45, 7) is 12.5. The molecule has 0 saturated heterocycles. The Hall–Kier alpha value is 0.0139. The summed E-state index contributed by atoms with van der Waals surface area (Å²) >= 11 is 0. The molecule has 0 fully saturated rings. The fourth-order valence-corrected chi connectivity index (χ4v) is 0.691. The summed E-state index contributed by atoms with van der Waals surface area (Å²) in [5.41, 5.74) is 1.04. The van der Waals surface area contributed by atoms with Crippen LogP contribution in [0.3, 0.4) is 0 Å². The minimum absolute atomic E-state index is 0. The van der Waals surface area contributed by atoms with Crippen LogP contribution >= 0.6 is 0 Å². The van der Waals surface area contributed by atoms with Gasteiger partial charge in [-0.3, -0.25) is 11.4 Å². The van der Waals surface area contributed by atoms with Crippen molar-refractivity contribution in [3.8, 4) is 0 Å². The van der Waals surface area contributed by atoms with E-state index in [-0.39, 0.29) is 44.7 Å². The summed E-state index contributed by atoms with van der Waals surface area (Å²) in [7, 11) is 0. The molecule has 3 nitrogen and oxygen atoms in total. The minimum Gasteiger partial charge on any atom is -0.484 e. The van der Waals surface area contributed by atoms with Gasteiger partial charge in [-0.15, -0.1) is 13.1 Å². The van der Waals surface area contributed by atoms with Crippen LogP contribution in [0.1, 0.15) is 27.2 Å². The zero-order valence-electron chi connectivity index (χ0n) is 9.84. The molecule has 4 heteroatoms. The predicted octanol–water partition coefficient (Wildman–Crippen LogP) is 1.44. The number of hydrogen-bond acceptors (Lipinski definition) is 2. The van der Waals surface area contributed by atoms with Crippen molar-refractivity contribution in [1.29, 1.82) is 0 Å². The van der Waals surface area contributed by atoms with Gasteiger partial charge in [0, 0.05) is 39.6 Å². The van der Waals surface area contributed by atoms with Crippen molar-refractivity contribution in [2.75, 3.05) is 6.54 Å². The molecule has 0 heterocycles. The Kier molecular flexibility index (Phi) is 19.1. The molecule has 0 saturated carbocycles. The van der Waals surface area contributed by atoms with Crippen LogP contribution in [0.15, 0.2) is 18.7 Å². The fraction of sp³-hybridized carbons (Fsp3) is 0.545. The van der Waals surface area contributed by atoms with Crippen LogP contribution in [0.5, 0.6) is 0 Å². The van der Waals surface area contributed by atoms with Gasteiger partial charge in [0.25, 0.3) is 0 Å². The van der Waals surface area contributed by atoms with E-state index in [4.69, 9.17) is 5.11 Å². The second-order valence-electron chi connectivity index (χ2n) is 3.17. The maximum Gasteiger partial charge on any atom is 0.214 e. The van der Waals surface area contributed by atoms with Crippen LogP contribution in [0, 0.1) is 6.08 Å². The maximum absolute atomic E-state index is 10.0. The van der Waals surface area contributed by atoms with Crippen molar-refractivity contribution in [3.05, 3.63) is 24.8 Å². The van der Waals surface area contributed by atoms with E-state index in [1.54, 1.807) is 6.92 Å². The summed E-state index contributed by atoms with van der Waals surface area (Å²) in [6, 6.07) is 0. The van der Waals surface area contributed by atoms with Crippen LogP contribution in [0.2, 0.25) is 0 Å². The van der Waals surface area contributed by atoms with E-state index in [0.717, 1.165) is 12.0 Å². The number of carbonyl (C=O) groups excluding carboxylic acids is 1. The fourth-order valence-electron chi connectivity index (χ4n) is 0.691. The summed E-state index contributed by atoms with van der Waals surface area (Å²) < 4.78 is 0. The Balaban J connectivity index is -0.000000180. The van der Waals surface area contributed by atoms with Crippen molar-refractivity contribution in [1.82, 2.24) is 5.32 Å². The van der Waals surface area contributed by atoms with Gasteiger partial charge in [0.05, 0.1) is 6.10 Å². The summed E-state index contributed by atoms with van der Waals surface area (Å²) in [5, 5.41) is 11.1. The van der Waals surface area contributed by atoms with Gasteiger partial charge in [-0.25, -0.2) is 0 Å². The van der Waals surface area contributed by atoms with E-state index < -0.39 is 0 Å². The molecular formula is C11H20NO2Y-. The zero-order chi connectivity index (χ0) is 11.6. The molecule has 0 aliphatic rings. The first-order valence-electron chi connectivity index (χ1n) is 4.47. The number of rotatable bonds is 4. The molecule has 0 rings (SSSR count). The van der Waals surface area contributed by atoms with Gasteiger partial charge in [-0.2, -0.15) is 0 Å². The first kappa shape index (κ1) is 20.4. The third kappa shape index (κ3) is 31.5. The summed E-state index contributed by atoms with van der Waals surface area (Å²) in [5.74, 6) is -0.0452. The number of hydrogen-bond donors (Lipinski definition) is 2. The van der Waals surface area contributed by atoms with E-state index >= 15 is 0 Å². The largest absolute Gasteiger partial charge is 0.484 e. The molecule has 1 atom stereocenters. The van der Waals surface area contributed by atoms with Gasteiger partial charge in [-0.05, 0) is 20.3 Å². The molecule has 85 valence electrons. The van der Waals surface area contributed by atoms with E-state index in [1.807, 2.05) is 6.92 Å². The van der Waals surface area contributed by atoms with Crippen molar-refractivity contribution in [3.63, 3.8) is 0 Å². The number of amides is 1. The van der Waals surface area contributed by atoms with Gasteiger partial charge >= 0.3 is 0 Å². The molecule has 0 aliphatic heterocycles. The van der Waals surface area contributed by atoms with Crippen LogP contribution in [0.4, 0.5) is 0 Å². The third-order valence-electron chi connectivity index (χ3n) is 1.11. The molecule has 1 unspecified atom stereocenters. The van der Waals surface area contributed by atoms with E-state index in [1.165, 1.54) is 6.92 Å². The van der Waals surface area contributed by atoms with Gasteiger partial charge < -0.3 is 16.5 Å². The molecule has 0 aromatic rings. The number of nitrogens with one attached hydrogen (secondary N) is 1. The monoisotopic (exact) mass is 287 g/mol. The smallest absolute Gasteiger partial charge is 0.214 e. The molecule has 0 aromatic carbocycles. The van der Waals surface area contributed by atoms with Crippen molar-refractivity contribution in [2.45, 2.75) is 33.3 Å². The average Bonchev–Trinajstić information content (AvgIpc) is 1.99.